The smallest absolute Gasteiger partial charge is 0.146 e. The van der Waals surface area contributed by atoms with Crippen LogP contribution in [0.2, 0.25) is 0 Å². The predicted molar refractivity (Wildman–Crippen MR) is 75.6 cm³/mol. The summed E-state index contributed by atoms with van der Waals surface area (Å²) < 4.78 is 10.8. The minimum Gasteiger partial charge on any atom is -0.393 e. The van der Waals surface area contributed by atoms with Crippen molar-refractivity contribution in [3.05, 3.63) is 0 Å². The third kappa shape index (κ3) is 13.9. The molecule has 0 aliphatic carbocycles. The van der Waals surface area contributed by atoms with Gasteiger partial charge in [0, 0.05) is 13.2 Å². The molecule has 0 aromatic carbocycles. The van der Waals surface area contributed by atoms with Gasteiger partial charge in [0.2, 0.25) is 0 Å². The number of aliphatic hydroxyl groups excluding tert-OH is 1. The van der Waals surface area contributed by atoms with Gasteiger partial charge in [0.15, 0.2) is 0 Å². The third-order valence-electron chi connectivity index (χ3n) is 3.04. The maximum atomic E-state index is 9.23. The number of hydrogen-bond donors (Lipinski definition) is 1. The van der Waals surface area contributed by atoms with Gasteiger partial charge in [0.25, 0.3) is 0 Å². The minimum atomic E-state index is -0.188. The summed E-state index contributed by atoms with van der Waals surface area (Å²) in [4.78, 5) is 0. The quantitative estimate of drug-likeness (QED) is 0.405. The van der Waals surface area contributed by atoms with Gasteiger partial charge in [-0.05, 0) is 38.5 Å². The van der Waals surface area contributed by atoms with E-state index in [1.165, 1.54) is 19.3 Å². The average molecular weight is 260 g/mol. The minimum absolute atomic E-state index is 0.188. The molecule has 2 unspecified atom stereocenters. The summed E-state index contributed by atoms with van der Waals surface area (Å²) in [6, 6.07) is 0. The molecule has 1 N–H and O–H groups in total. The highest BCUT2D eigenvalue weighted by Gasteiger charge is 2.05. The van der Waals surface area contributed by atoms with Gasteiger partial charge in [0.1, 0.15) is 6.79 Å². The summed E-state index contributed by atoms with van der Waals surface area (Å²) in [6.07, 6.45) is 7.82. The highest BCUT2D eigenvalue weighted by molar-refractivity contribution is 4.57. The molecule has 2 atom stereocenters. The second kappa shape index (κ2) is 13.3. The van der Waals surface area contributed by atoms with Crippen LogP contribution in [0.3, 0.4) is 0 Å². The van der Waals surface area contributed by atoms with Gasteiger partial charge < -0.3 is 14.6 Å². The molecule has 0 spiro atoms. The molecule has 0 aromatic rings. The molecule has 0 aliphatic heterocycles. The Morgan fingerprint density at radius 2 is 1.61 bits per heavy atom. The number of unbranched alkanes of at least 4 members (excludes halogenated alkanes) is 3. The first-order valence-electron chi connectivity index (χ1n) is 7.50. The monoisotopic (exact) mass is 260 g/mol. The largest absolute Gasteiger partial charge is 0.393 e. The third-order valence-corrected chi connectivity index (χ3v) is 3.04. The van der Waals surface area contributed by atoms with Crippen LogP contribution < -0.4 is 0 Å². The highest BCUT2D eigenvalue weighted by Crippen LogP contribution is 2.12. The SMILES string of the molecule is CCCCCCOCOCCCC(C)CC(C)O. The van der Waals surface area contributed by atoms with Crippen molar-refractivity contribution in [1.29, 1.82) is 0 Å². The first kappa shape index (κ1) is 17.9. The zero-order valence-electron chi connectivity index (χ0n) is 12.5. The van der Waals surface area contributed by atoms with Crippen molar-refractivity contribution < 1.29 is 14.6 Å². The number of ether oxygens (including phenoxy) is 2. The van der Waals surface area contributed by atoms with Crippen molar-refractivity contribution in [2.24, 2.45) is 5.92 Å². The number of aliphatic hydroxyl groups is 1. The second-order valence-corrected chi connectivity index (χ2v) is 5.33. The molecular formula is C15H32O3. The standard InChI is InChI=1S/C15H32O3/c1-4-5-6-7-10-17-13-18-11-8-9-14(2)12-15(3)16/h14-16H,4-13H2,1-3H3. The van der Waals surface area contributed by atoms with Crippen LogP contribution in [0, 0.1) is 5.92 Å². The van der Waals surface area contributed by atoms with Crippen LogP contribution in [0.5, 0.6) is 0 Å². The van der Waals surface area contributed by atoms with E-state index in [9.17, 15) is 5.11 Å². The van der Waals surface area contributed by atoms with Gasteiger partial charge in [0.05, 0.1) is 6.10 Å². The lowest BCUT2D eigenvalue weighted by molar-refractivity contribution is -0.0562. The first-order chi connectivity index (χ1) is 8.66. The van der Waals surface area contributed by atoms with E-state index in [0.717, 1.165) is 38.9 Å². The van der Waals surface area contributed by atoms with Crippen LogP contribution in [-0.2, 0) is 9.47 Å². The van der Waals surface area contributed by atoms with Crippen molar-refractivity contribution in [3.63, 3.8) is 0 Å². The van der Waals surface area contributed by atoms with Crippen LogP contribution >= 0.6 is 0 Å². The molecule has 110 valence electrons. The van der Waals surface area contributed by atoms with Gasteiger partial charge in [-0.3, -0.25) is 0 Å². The molecule has 0 radical (unpaired) electrons. The van der Waals surface area contributed by atoms with Crippen LogP contribution in [0.4, 0.5) is 0 Å². The predicted octanol–water partition coefficient (Wildman–Crippen LogP) is 3.74. The van der Waals surface area contributed by atoms with Crippen LogP contribution in [0.25, 0.3) is 0 Å². The van der Waals surface area contributed by atoms with E-state index >= 15 is 0 Å². The summed E-state index contributed by atoms with van der Waals surface area (Å²) in [6.45, 7) is 8.24. The maximum Gasteiger partial charge on any atom is 0.146 e. The van der Waals surface area contributed by atoms with E-state index in [2.05, 4.69) is 13.8 Å². The molecular weight excluding hydrogens is 228 g/mol. The fourth-order valence-electron chi connectivity index (χ4n) is 2.04. The summed E-state index contributed by atoms with van der Waals surface area (Å²) in [5.41, 5.74) is 0. The van der Waals surface area contributed by atoms with E-state index in [1.807, 2.05) is 6.92 Å². The maximum absolute atomic E-state index is 9.23. The van der Waals surface area contributed by atoms with Gasteiger partial charge in [-0.2, -0.15) is 0 Å². The lowest BCUT2D eigenvalue weighted by Crippen LogP contribution is -2.09. The fourth-order valence-corrected chi connectivity index (χ4v) is 2.04. The summed E-state index contributed by atoms with van der Waals surface area (Å²) in [5, 5.41) is 9.23. The van der Waals surface area contributed by atoms with Crippen molar-refractivity contribution in [3.8, 4) is 0 Å². The molecule has 0 amide bonds. The molecule has 0 rings (SSSR count). The Bertz CT molecular complexity index is 160. The fraction of sp³-hybridized carbons (Fsp3) is 1.00. The average Bonchev–Trinajstić information content (AvgIpc) is 2.30. The molecule has 0 fully saturated rings. The second-order valence-electron chi connectivity index (χ2n) is 5.33. The molecule has 0 saturated carbocycles. The molecule has 0 aromatic heterocycles. The first-order valence-corrected chi connectivity index (χ1v) is 7.50. The molecule has 0 aliphatic rings. The normalized spacial score (nSPS) is 14.7. The molecule has 3 heteroatoms. The van der Waals surface area contributed by atoms with Crippen molar-refractivity contribution in [2.75, 3.05) is 20.0 Å². The Hall–Kier alpha value is -0.120. The molecule has 0 saturated heterocycles. The molecule has 18 heavy (non-hydrogen) atoms. The lowest BCUT2D eigenvalue weighted by atomic mass is 9.99. The summed E-state index contributed by atoms with van der Waals surface area (Å²) in [5.74, 6) is 0.573. The van der Waals surface area contributed by atoms with E-state index in [0.29, 0.717) is 12.7 Å². The van der Waals surface area contributed by atoms with Gasteiger partial charge in [-0.25, -0.2) is 0 Å². The Labute approximate surface area is 113 Å². The number of rotatable bonds is 13. The van der Waals surface area contributed by atoms with Crippen LogP contribution in [0.1, 0.15) is 65.7 Å². The lowest BCUT2D eigenvalue weighted by Gasteiger charge is -2.13. The zero-order valence-corrected chi connectivity index (χ0v) is 12.5. The number of hydrogen-bond acceptors (Lipinski definition) is 3. The molecule has 0 bridgehead atoms. The van der Waals surface area contributed by atoms with E-state index in [1.54, 1.807) is 0 Å². The summed E-state index contributed by atoms with van der Waals surface area (Å²) in [7, 11) is 0. The van der Waals surface area contributed by atoms with Crippen LogP contribution in [-0.4, -0.2) is 31.2 Å². The Balaban J connectivity index is 3.07. The topological polar surface area (TPSA) is 38.7 Å². The van der Waals surface area contributed by atoms with Crippen LogP contribution in [0.15, 0.2) is 0 Å². The Morgan fingerprint density at radius 3 is 2.22 bits per heavy atom. The molecule has 0 heterocycles. The van der Waals surface area contributed by atoms with Gasteiger partial charge >= 0.3 is 0 Å². The van der Waals surface area contributed by atoms with E-state index < -0.39 is 0 Å². The van der Waals surface area contributed by atoms with Crippen molar-refractivity contribution in [1.82, 2.24) is 0 Å². The van der Waals surface area contributed by atoms with Crippen molar-refractivity contribution >= 4 is 0 Å². The highest BCUT2D eigenvalue weighted by atomic mass is 16.7. The van der Waals surface area contributed by atoms with Crippen molar-refractivity contribution in [2.45, 2.75) is 71.8 Å². The van der Waals surface area contributed by atoms with Gasteiger partial charge in [-0.15, -0.1) is 0 Å². The van der Waals surface area contributed by atoms with E-state index in [-0.39, 0.29) is 6.10 Å². The zero-order chi connectivity index (χ0) is 13.6. The Kier molecular flexibility index (Phi) is 13.2. The summed E-state index contributed by atoms with van der Waals surface area (Å²) >= 11 is 0. The Morgan fingerprint density at radius 1 is 0.944 bits per heavy atom. The van der Waals surface area contributed by atoms with E-state index in [4.69, 9.17) is 9.47 Å². The van der Waals surface area contributed by atoms with Gasteiger partial charge in [-0.1, -0.05) is 33.1 Å². The molecule has 3 nitrogen and oxygen atoms in total.